The maximum absolute atomic E-state index is 13.7. The van der Waals surface area contributed by atoms with Crippen LogP contribution >= 0.6 is 0 Å². The summed E-state index contributed by atoms with van der Waals surface area (Å²) in [6.45, 7) is 1.91. The van der Waals surface area contributed by atoms with Gasteiger partial charge in [-0.25, -0.2) is 14.4 Å². The molecule has 0 bridgehead atoms. The molecule has 0 spiro atoms. The molecule has 0 amide bonds. The fourth-order valence-electron chi connectivity index (χ4n) is 1.91. The van der Waals surface area contributed by atoms with Gasteiger partial charge in [0.25, 0.3) is 0 Å². The smallest absolute Gasteiger partial charge is 0.234 e. The molecule has 0 saturated heterocycles. The van der Waals surface area contributed by atoms with Crippen molar-refractivity contribution in [1.29, 1.82) is 0 Å². The molecular formula is C13H10FN3. The molecule has 2 heterocycles. The summed E-state index contributed by atoms with van der Waals surface area (Å²) in [5.41, 5.74) is 2.04. The number of rotatable bonds is 1. The highest BCUT2D eigenvalue weighted by atomic mass is 19.1. The minimum atomic E-state index is -0.265. The van der Waals surface area contributed by atoms with E-state index in [0.29, 0.717) is 17.0 Å². The zero-order valence-corrected chi connectivity index (χ0v) is 9.26. The minimum Gasteiger partial charge on any atom is -0.288 e. The highest BCUT2D eigenvalue weighted by Crippen LogP contribution is 2.25. The lowest BCUT2D eigenvalue weighted by atomic mass is 10.1. The van der Waals surface area contributed by atoms with E-state index in [4.69, 9.17) is 0 Å². The van der Waals surface area contributed by atoms with Crippen LogP contribution in [0.4, 0.5) is 4.39 Å². The van der Waals surface area contributed by atoms with Crippen molar-refractivity contribution in [1.82, 2.24) is 14.4 Å². The first-order valence-electron chi connectivity index (χ1n) is 5.32. The molecule has 0 saturated carbocycles. The Balaban J connectivity index is 2.32. The van der Waals surface area contributed by atoms with Gasteiger partial charge in [0.05, 0.1) is 5.69 Å². The van der Waals surface area contributed by atoms with Crippen molar-refractivity contribution in [3.05, 3.63) is 54.2 Å². The van der Waals surface area contributed by atoms with Crippen LogP contribution in [0.5, 0.6) is 0 Å². The Kier molecular flexibility index (Phi) is 2.14. The average Bonchev–Trinajstić information content (AvgIpc) is 2.68. The predicted molar refractivity (Wildman–Crippen MR) is 63.1 cm³/mol. The Hall–Kier alpha value is -2.23. The molecule has 2 aromatic heterocycles. The van der Waals surface area contributed by atoms with Crippen LogP contribution in [0.15, 0.2) is 42.7 Å². The van der Waals surface area contributed by atoms with Gasteiger partial charge < -0.3 is 0 Å². The largest absolute Gasteiger partial charge is 0.288 e. The van der Waals surface area contributed by atoms with Crippen molar-refractivity contribution in [2.45, 2.75) is 6.92 Å². The number of aromatic nitrogens is 3. The zero-order chi connectivity index (χ0) is 11.8. The number of imidazole rings is 1. The monoisotopic (exact) mass is 227 g/mol. The molecule has 17 heavy (non-hydrogen) atoms. The predicted octanol–water partition coefficient (Wildman–Crippen LogP) is 2.84. The summed E-state index contributed by atoms with van der Waals surface area (Å²) in [6, 6.07) is 8.46. The SMILES string of the molecule is Cc1c(-c2ccccc2F)nc2ncccn12. The van der Waals surface area contributed by atoms with Gasteiger partial charge in [0.1, 0.15) is 5.82 Å². The van der Waals surface area contributed by atoms with Crippen molar-refractivity contribution in [3.8, 4) is 11.3 Å². The number of hydrogen-bond donors (Lipinski definition) is 0. The second-order valence-corrected chi connectivity index (χ2v) is 3.82. The summed E-state index contributed by atoms with van der Waals surface area (Å²) in [5, 5.41) is 0. The molecule has 1 aromatic carbocycles. The molecule has 4 heteroatoms. The second kappa shape index (κ2) is 3.66. The summed E-state index contributed by atoms with van der Waals surface area (Å²) < 4.78 is 15.6. The first-order chi connectivity index (χ1) is 8.27. The van der Waals surface area contributed by atoms with Gasteiger partial charge in [-0.15, -0.1) is 0 Å². The Labute approximate surface area is 97.6 Å². The maximum atomic E-state index is 13.7. The lowest BCUT2D eigenvalue weighted by Gasteiger charge is -2.00. The number of benzene rings is 1. The summed E-state index contributed by atoms with van der Waals surface area (Å²) in [4.78, 5) is 8.50. The molecule has 3 nitrogen and oxygen atoms in total. The Morgan fingerprint density at radius 1 is 1.18 bits per heavy atom. The van der Waals surface area contributed by atoms with Crippen LogP contribution in [0, 0.1) is 12.7 Å². The van der Waals surface area contributed by atoms with Crippen molar-refractivity contribution >= 4 is 5.78 Å². The molecule has 0 radical (unpaired) electrons. The highest BCUT2D eigenvalue weighted by molar-refractivity contribution is 5.65. The van der Waals surface area contributed by atoms with E-state index in [1.165, 1.54) is 6.07 Å². The minimum absolute atomic E-state index is 0.265. The number of nitrogens with zero attached hydrogens (tertiary/aromatic N) is 3. The number of fused-ring (bicyclic) bond motifs is 1. The van der Waals surface area contributed by atoms with Gasteiger partial charge in [-0.3, -0.25) is 4.40 Å². The van der Waals surface area contributed by atoms with E-state index < -0.39 is 0 Å². The van der Waals surface area contributed by atoms with Gasteiger partial charge in [-0.2, -0.15) is 0 Å². The maximum Gasteiger partial charge on any atom is 0.234 e. The third kappa shape index (κ3) is 1.49. The molecule has 3 rings (SSSR count). The van der Waals surface area contributed by atoms with Gasteiger partial charge in [-0.1, -0.05) is 12.1 Å². The average molecular weight is 227 g/mol. The molecule has 0 aliphatic heterocycles. The van der Waals surface area contributed by atoms with Crippen LogP contribution < -0.4 is 0 Å². The third-order valence-corrected chi connectivity index (χ3v) is 2.77. The standard InChI is InChI=1S/C13H10FN3/c1-9-12(10-5-2-3-6-11(10)14)16-13-15-7-4-8-17(9)13/h2-8H,1H3. The van der Waals surface area contributed by atoms with E-state index in [0.717, 1.165) is 5.69 Å². The molecule has 0 fully saturated rings. The summed E-state index contributed by atoms with van der Waals surface area (Å²) in [5.74, 6) is 0.322. The summed E-state index contributed by atoms with van der Waals surface area (Å²) >= 11 is 0. The third-order valence-electron chi connectivity index (χ3n) is 2.77. The van der Waals surface area contributed by atoms with E-state index in [1.54, 1.807) is 24.4 Å². The first kappa shape index (κ1) is 9.96. The summed E-state index contributed by atoms with van der Waals surface area (Å²) in [7, 11) is 0. The molecule has 84 valence electrons. The molecule has 0 N–H and O–H groups in total. The van der Waals surface area contributed by atoms with Crippen LogP contribution in [0.25, 0.3) is 17.0 Å². The Morgan fingerprint density at radius 2 is 2.00 bits per heavy atom. The topological polar surface area (TPSA) is 30.2 Å². The normalized spacial score (nSPS) is 10.9. The van der Waals surface area contributed by atoms with E-state index in [-0.39, 0.29) is 5.82 Å². The number of aryl methyl sites for hydroxylation is 1. The van der Waals surface area contributed by atoms with Crippen LogP contribution in [-0.2, 0) is 0 Å². The van der Waals surface area contributed by atoms with Crippen molar-refractivity contribution in [2.75, 3.05) is 0 Å². The van der Waals surface area contributed by atoms with Gasteiger partial charge >= 0.3 is 0 Å². The molecule has 0 unspecified atom stereocenters. The molecule has 3 aromatic rings. The van der Waals surface area contributed by atoms with Crippen molar-refractivity contribution in [2.24, 2.45) is 0 Å². The van der Waals surface area contributed by atoms with Crippen molar-refractivity contribution in [3.63, 3.8) is 0 Å². The van der Waals surface area contributed by atoms with Crippen LogP contribution in [0.1, 0.15) is 5.69 Å². The number of halogens is 1. The first-order valence-corrected chi connectivity index (χ1v) is 5.32. The Morgan fingerprint density at radius 3 is 2.76 bits per heavy atom. The fraction of sp³-hybridized carbons (Fsp3) is 0.0769. The zero-order valence-electron chi connectivity index (χ0n) is 9.26. The highest BCUT2D eigenvalue weighted by Gasteiger charge is 2.13. The second-order valence-electron chi connectivity index (χ2n) is 3.82. The van der Waals surface area contributed by atoms with E-state index >= 15 is 0 Å². The van der Waals surface area contributed by atoms with E-state index in [2.05, 4.69) is 9.97 Å². The van der Waals surface area contributed by atoms with Gasteiger partial charge in [0.15, 0.2) is 0 Å². The van der Waals surface area contributed by atoms with Crippen molar-refractivity contribution < 1.29 is 4.39 Å². The molecule has 0 aliphatic carbocycles. The van der Waals surface area contributed by atoms with E-state index in [1.807, 2.05) is 23.6 Å². The molecule has 0 aliphatic rings. The van der Waals surface area contributed by atoms with Gasteiger partial charge in [-0.05, 0) is 25.1 Å². The Bertz CT molecular complexity index is 688. The van der Waals surface area contributed by atoms with E-state index in [9.17, 15) is 4.39 Å². The molecular weight excluding hydrogens is 217 g/mol. The van der Waals surface area contributed by atoms with Crippen LogP contribution in [-0.4, -0.2) is 14.4 Å². The lowest BCUT2D eigenvalue weighted by Crippen LogP contribution is -1.89. The summed E-state index contributed by atoms with van der Waals surface area (Å²) in [6.07, 6.45) is 3.54. The van der Waals surface area contributed by atoms with Crippen LogP contribution in [0.2, 0.25) is 0 Å². The fourth-order valence-corrected chi connectivity index (χ4v) is 1.91. The lowest BCUT2D eigenvalue weighted by molar-refractivity contribution is 0.630. The van der Waals surface area contributed by atoms with Crippen LogP contribution in [0.3, 0.4) is 0 Å². The van der Waals surface area contributed by atoms with Gasteiger partial charge in [0.2, 0.25) is 5.78 Å². The molecule has 0 atom stereocenters. The quantitative estimate of drug-likeness (QED) is 0.640. The number of hydrogen-bond acceptors (Lipinski definition) is 2. The van der Waals surface area contributed by atoms with Gasteiger partial charge in [0, 0.05) is 23.7 Å².